The summed E-state index contributed by atoms with van der Waals surface area (Å²) in [4.78, 5) is 59.2. The Labute approximate surface area is 209 Å². The van der Waals surface area contributed by atoms with Gasteiger partial charge in [-0.05, 0) is 54.5 Å². The summed E-state index contributed by atoms with van der Waals surface area (Å²) in [5.41, 5.74) is 1.83. The van der Waals surface area contributed by atoms with Crippen LogP contribution in [0.4, 0.5) is 0 Å². The molecule has 36 heavy (non-hydrogen) atoms. The number of aromatic nitrogens is 1. The van der Waals surface area contributed by atoms with E-state index in [9.17, 15) is 19.2 Å². The molecule has 2 N–H and O–H groups in total. The van der Waals surface area contributed by atoms with Crippen LogP contribution in [0.5, 0.6) is 0 Å². The Morgan fingerprint density at radius 1 is 1.03 bits per heavy atom. The number of fused-ring (bicyclic) bond motifs is 2. The van der Waals surface area contributed by atoms with Crippen LogP contribution in [0.2, 0.25) is 0 Å². The van der Waals surface area contributed by atoms with E-state index >= 15 is 0 Å². The van der Waals surface area contributed by atoms with Gasteiger partial charge >= 0.3 is 0 Å². The van der Waals surface area contributed by atoms with Gasteiger partial charge in [-0.1, -0.05) is 38.1 Å². The molecular weight excluding hydrogens is 456 g/mol. The van der Waals surface area contributed by atoms with Crippen LogP contribution in [0.3, 0.4) is 0 Å². The Morgan fingerprint density at radius 3 is 2.56 bits per heavy atom. The first-order valence-electron chi connectivity index (χ1n) is 12.4. The van der Waals surface area contributed by atoms with E-state index in [1.165, 1.54) is 0 Å². The number of nitrogens with one attached hydrogen (secondary N) is 2. The van der Waals surface area contributed by atoms with Crippen molar-refractivity contribution in [1.29, 1.82) is 0 Å². The third-order valence-corrected chi connectivity index (χ3v) is 7.11. The molecule has 2 aliphatic heterocycles. The summed E-state index contributed by atoms with van der Waals surface area (Å²) >= 11 is 0. The van der Waals surface area contributed by atoms with E-state index in [-0.39, 0.29) is 42.0 Å². The quantitative estimate of drug-likeness (QED) is 0.559. The molecule has 2 aromatic carbocycles. The van der Waals surface area contributed by atoms with Crippen LogP contribution in [0.1, 0.15) is 47.4 Å². The molecule has 0 radical (unpaired) electrons. The topological polar surface area (TPSA) is 103 Å². The second-order valence-corrected chi connectivity index (χ2v) is 10.0. The number of nitrogens with zero attached hydrogens (tertiary/aromatic N) is 2. The van der Waals surface area contributed by atoms with E-state index in [0.29, 0.717) is 30.5 Å². The summed E-state index contributed by atoms with van der Waals surface area (Å²) in [6, 6.07) is 14.4. The fraction of sp³-hybridized carbons (Fsp3) is 0.357. The summed E-state index contributed by atoms with van der Waals surface area (Å²) in [6.45, 7) is 4.35. The van der Waals surface area contributed by atoms with Crippen molar-refractivity contribution in [3.8, 4) is 0 Å². The van der Waals surface area contributed by atoms with Crippen molar-refractivity contribution >= 4 is 34.4 Å². The first-order chi connectivity index (χ1) is 17.3. The second kappa shape index (κ2) is 9.60. The highest BCUT2D eigenvalue weighted by Gasteiger charge is 2.52. The molecule has 0 aliphatic carbocycles. The van der Waals surface area contributed by atoms with Gasteiger partial charge in [-0.3, -0.25) is 19.2 Å². The van der Waals surface area contributed by atoms with Gasteiger partial charge in [0.25, 0.3) is 11.8 Å². The number of H-pyrrole nitrogens is 1. The average molecular weight is 487 g/mol. The normalized spacial score (nSPS) is 20.1. The number of likely N-dealkylation sites (tertiary alicyclic amines) is 2. The lowest BCUT2D eigenvalue weighted by Gasteiger charge is -2.29. The van der Waals surface area contributed by atoms with Crippen molar-refractivity contribution in [2.45, 2.75) is 44.8 Å². The number of Topliss-reactive ketones (excluding diaryl/α,β-unsaturated/α-hetero) is 1. The Kier molecular flexibility index (Phi) is 6.35. The van der Waals surface area contributed by atoms with E-state index < -0.39 is 12.1 Å². The zero-order valence-electron chi connectivity index (χ0n) is 20.4. The molecule has 0 spiro atoms. The van der Waals surface area contributed by atoms with Crippen molar-refractivity contribution in [3.05, 3.63) is 71.9 Å². The van der Waals surface area contributed by atoms with Gasteiger partial charge < -0.3 is 20.1 Å². The van der Waals surface area contributed by atoms with Crippen LogP contribution in [-0.4, -0.2) is 69.5 Å². The van der Waals surface area contributed by atoms with Crippen molar-refractivity contribution in [2.75, 3.05) is 13.1 Å². The first kappa shape index (κ1) is 23.8. The van der Waals surface area contributed by atoms with Gasteiger partial charge in [-0.25, -0.2) is 0 Å². The number of hydrogen-bond donors (Lipinski definition) is 2. The van der Waals surface area contributed by atoms with Crippen LogP contribution < -0.4 is 5.32 Å². The number of benzene rings is 2. The highest BCUT2D eigenvalue weighted by molar-refractivity contribution is 6.04. The maximum atomic E-state index is 13.7. The van der Waals surface area contributed by atoms with Crippen LogP contribution in [0.25, 0.3) is 10.9 Å². The minimum absolute atomic E-state index is 0.00971. The number of hydrogen-bond acceptors (Lipinski definition) is 4. The molecular formula is C28H30N4O4. The molecule has 3 heterocycles. The zero-order valence-corrected chi connectivity index (χ0v) is 20.4. The van der Waals surface area contributed by atoms with Gasteiger partial charge in [0, 0.05) is 29.4 Å². The number of rotatable bonds is 6. The summed E-state index contributed by atoms with van der Waals surface area (Å²) in [5, 5.41) is 3.92. The molecule has 2 saturated heterocycles. The highest BCUT2D eigenvalue weighted by Crippen LogP contribution is 2.32. The van der Waals surface area contributed by atoms with Gasteiger partial charge in [0.15, 0.2) is 5.78 Å². The van der Waals surface area contributed by atoms with E-state index in [1.54, 1.807) is 46.2 Å². The standard InChI is InChI=1S/C28H30N4O4/c1-17(2)14-22(30-26(34)20-9-8-18-10-12-29-21(18)15-20)28(36)31-13-11-23-25(31)24(33)16-32(23)27(35)19-6-4-3-5-7-19/h3-10,12,15,17,22-23,25,29H,11,13-14,16H2,1-2H3,(H,30,34)/t22-,23+,25-/m0/s1. The summed E-state index contributed by atoms with van der Waals surface area (Å²) in [6.07, 6.45) is 2.79. The van der Waals surface area contributed by atoms with Gasteiger partial charge in [0.05, 0.1) is 12.6 Å². The predicted molar refractivity (Wildman–Crippen MR) is 135 cm³/mol. The minimum atomic E-state index is -0.762. The van der Waals surface area contributed by atoms with Crippen LogP contribution in [-0.2, 0) is 9.59 Å². The molecule has 8 heteroatoms. The van der Waals surface area contributed by atoms with Gasteiger partial charge in [-0.15, -0.1) is 0 Å². The monoisotopic (exact) mass is 486 g/mol. The third kappa shape index (κ3) is 4.39. The van der Waals surface area contributed by atoms with Crippen molar-refractivity contribution in [2.24, 2.45) is 5.92 Å². The Balaban J connectivity index is 1.33. The summed E-state index contributed by atoms with van der Waals surface area (Å²) < 4.78 is 0. The lowest BCUT2D eigenvalue weighted by Crippen LogP contribution is -2.53. The van der Waals surface area contributed by atoms with Gasteiger partial charge in [0.1, 0.15) is 12.1 Å². The van der Waals surface area contributed by atoms with Crippen LogP contribution >= 0.6 is 0 Å². The molecule has 0 bridgehead atoms. The van der Waals surface area contributed by atoms with Crippen molar-refractivity contribution in [1.82, 2.24) is 20.1 Å². The largest absolute Gasteiger partial charge is 0.361 e. The molecule has 0 saturated carbocycles. The predicted octanol–water partition coefficient (Wildman–Crippen LogP) is 3.01. The molecule has 186 valence electrons. The zero-order chi connectivity index (χ0) is 25.4. The fourth-order valence-electron chi connectivity index (χ4n) is 5.41. The number of carbonyl (C=O) groups is 4. The molecule has 2 fully saturated rings. The Morgan fingerprint density at radius 2 is 1.81 bits per heavy atom. The van der Waals surface area contributed by atoms with Crippen molar-refractivity contribution in [3.63, 3.8) is 0 Å². The van der Waals surface area contributed by atoms with E-state index in [2.05, 4.69) is 10.3 Å². The first-order valence-corrected chi connectivity index (χ1v) is 12.4. The lowest BCUT2D eigenvalue weighted by atomic mass is 10.0. The summed E-state index contributed by atoms with van der Waals surface area (Å²) in [7, 11) is 0. The smallest absolute Gasteiger partial charge is 0.254 e. The number of aromatic amines is 1. The fourth-order valence-corrected chi connectivity index (χ4v) is 5.41. The third-order valence-electron chi connectivity index (χ3n) is 7.11. The molecule has 5 rings (SSSR count). The molecule has 3 amide bonds. The maximum absolute atomic E-state index is 13.7. The lowest BCUT2D eigenvalue weighted by molar-refractivity contribution is -0.138. The highest BCUT2D eigenvalue weighted by atomic mass is 16.2. The SMILES string of the molecule is CC(C)C[C@H](NC(=O)c1ccc2cc[nH]c2c1)C(=O)N1CC[C@@H]2[C@H]1C(=O)CN2C(=O)c1ccccc1. The van der Waals surface area contributed by atoms with E-state index in [4.69, 9.17) is 0 Å². The molecule has 1 aromatic heterocycles. The molecule has 3 atom stereocenters. The Hall–Kier alpha value is -3.94. The van der Waals surface area contributed by atoms with Crippen LogP contribution in [0.15, 0.2) is 60.8 Å². The Bertz CT molecular complexity index is 1320. The summed E-state index contributed by atoms with van der Waals surface area (Å²) in [5.74, 6) is -0.786. The maximum Gasteiger partial charge on any atom is 0.254 e. The molecule has 2 aliphatic rings. The number of amides is 3. The van der Waals surface area contributed by atoms with E-state index in [1.807, 2.05) is 38.2 Å². The number of ketones is 1. The molecule has 0 unspecified atom stereocenters. The average Bonchev–Trinajstić information content (AvgIpc) is 3.59. The van der Waals surface area contributed by atoms with E-state index in [0.717, 1.165) is 10.9 Å². The number of carbonyl (C=O) groups excluding carboxylic acids is 4. The minimum Gasteiger partial charge on any atom is -0.361 e. The van der Waals surface area contributed by atoms with Gasteiger partial charge in [-0.2, -0.15) is 0 Å². The van der Waals surface area contributed by atoms with Gasteiger partial charge in [0.2, 0.25) is 5.91 Å². The van der Waals surface area contributed by atoms with Crippen LogP contribution in [0, 0.1) is 5.92 Å². The molecule has 3 aromatic rings. The second-order valence-electron chi connectivity index (χ2n) is 10.0. The molecule has 8 nitrogen and oxygen atoms in total. The van der Waals surface area contributed by atoms with Crippen molar-refractivity contribution < 1.29 is 19.2 Å².